The molecular formula is C20H20MoO15S10. The molecule has 0 aromatic rings. The normalized spacial score (nSPS) is 32.2. The SMILES string of the molecule is O=C(O)C1C=CS(=O)S1.O=C(O)C1C=CS(=O)S1.O=C(O)C1C=CS(=O)S1.O=C(O)C1C=CS(=O)S1.O=C(O)C1C=CS(=O)S1.[Mo]. The molecule has 5 aliphatic heterocycles. The van der Waals surface area contributed by atoms with Gasteiger partial charge in [0.1, 0.15) is 75.4 Å². The molecule has 15 nitrogen and oxygen atoms in total. The van der Waals surface area contributed by atoms with Crippen molar-refractivity contribution in [2.24, 2.45) is 0 Å². The Kier molecular flexibility index (Phi) is 23.2. The molecule has 0 saturated heterocycles. The molecule has 5 heterocycles. The van der Waals surface area contributed by atoms with Crippen LogP contribution < -0.4 is 0 Å². The maximum atomic E-state index is 10.5. The largest absolute Gasteiger partial charge is 0.480 e. The minimum atomic E-state index is -1.12. The summed E-state index contributed by atoms with van der Waals surface area (Å²) in [5.74, 6) is -4.64. The number of hydrogen-bond donors (Lipinski definition) is 5. The first kappa shape index (κ1) is 45.2. The molecule has 0 aromatic carbocycles. The standard InChI is InChI=1S/5C4H4O3S2.Mo/c5*5-4(6)3-1-2-9(7)8-3;/h5*1-3H,(H,5,6);. The van der Waals surface area contributed by atoms with E-state index in [-0.39, 0.29) is 21.1 Å². The van der Waals surface area contributed by atoms with Crippen LogP contribution >= 0.6 is 54.0 Å². The van der Waals surface area contributed by atoms with Crippen LogP contribution in [0.3, 0.4) is 0 Å². The molecule has 0 fully saturated rings. The zero-order valence-corrected chi connectivity index (χ0v) is 32.1. The molecule has 5 N–H and O–H groups in total. The molecule has 0 bridgehead atoms. The molecule has 5 rings (SSSR count). The molecule has 0 amide bonds. The van der Waals surface area contributed by atoms with Crippen molar-refractivity contribution in [3.8, 4) is 0 Å². The molecule has 46 heavy (non-hydrogen) atoms. The van der Waals surface area contributed by atoms with E-state index in [2.05, 4.69) is 0 Å². The summed E-state index contributed by atoms with van der Waals surface area (Å²) in [4.78, 5) is 50.7. The van der Waals surface area contributed by atoms with Gasteiger partial charge in [-0.1, -0.05) is 0 Å². The van der Waals surface area contributed by atoms with E-state index < -0.39 is 105 Å². The van der Waals surface area contributed by atoms with E-state index in [1.807, 2.05) is 0 Å². The van der Waals surface area contributed by atoms with E-state index in [1.165, 1.54) is 57.4 Å². The molecule has 0 spiro atoms. The first-order chi connectivity index (χ1) is 21.0. The van der Waals surface area contributed by atoms with Gasteiger partial charge in [-0.25, -0.2) is 21.0 Å². The predicted octanol–water partition coefficient (Wildman–Crippen LogP) is 1.82. The molecule has 5 aliphatic rings. The molecule has 10 atom stereocenters. The fourth-order valence-corrected chi connectivity index (χ4v) is 13.7. The zero-order valence-electron chi connectivity index (χ0n) is 22.0. The van der Waals surface area contributed by atoms with Crippen LogP contribution in [0.2, 0.25) is 0 Å². The molecular weight excluding hydrogens is 897 g/mol. The van der Waals surface area contributed by atoms with Crippen LogP contribution in [0.15, 0.2) is 57.4 Å². The van der Waals surface area contributed by atoms with Gasteiger partial charge in [-0.15, -0.1) is 0 Å². The molecule has 256 valence electrons. The van der Waals surface area contributed by atoms with Crippen LogP contribution in [0, 0.1) is 0 Å². The van der Waals surface area contributed by atoms with Crippen molar-refractivity contribution in [1.29, 1.82) is 0 Å². The van der Waals surface area contributed by atoms with E-state index in [0.717, 1.165) is 54.0 Å². The summed E-state index contributed by atoms with van der Waals surface area (Å²) in [6.07, 6.45) is 7.17. The summed E-state index contributed by atoms with van der Waals surface area (Å²) in [6.45, 7) is 0. The van der Waals surface area contributed by atoms with Gasteiger partial charge >= 0.3 is 29.8 Å². The van der Waals surface area contributed by atoms with Crippen molar-refractivity contribution in [3.05, 3.63) is 57.4 Å². The van der Waals surface area contributed by atoms with E-state index in [4.69, 9.17) is 25.5 Å². The van der Waals surface area contributed by atoms with E-state index in [1.54, 1.807) is 0 Å². The Morgan fingerprint density at radius 3 is 0.543 bits per heavy atom. The Balaban J connectivity index is 0.000000547. The average molecular weight is 917 g/mol. The van der Waals surface area contributed by atoms with Crippen molar-refractivity contribution >= 4 is 133 Å². The molecule has 26 heteroatoms. The summed E-state index contributed by atoms with van der Waals surface area (Å²) in [5, 5.41) is 45.6. The zero-order chi connectivity index (χ0) is 34.3. The Bertz CT molecular complexity index is 1180. The first-order valence-corrected chi connectivity index (χ1v) is 24.0. The monoisotopic (exact) mass is 918 g/mol. The summed E-state index contributed by atoms with van der Waals surface area (Å²) in [5.41, 5.74) is 0. The molecule has 0 aliphatic carbocycles. The van der Waals surface area contributed by atoms with Crippen LogP contribution in [0.1, 0.15) is 0 Å². The second-order valence-electron chi connectivity index (χ2n) is 7.22. The van der Waals surface area contributed by atoms with Crippen LogP contribution in [-0.4, -0.2) is 103 Å². The van der Waals surface area contributed by atoms with E-state index in [9.17, 15) is 45.0 Å². The fraction of sp³-hybridized carbons (Fsp3) is 0.250. The third kappa shape index (κ3) is 18.7. The van der Waals surface area contributed by atoms with Gasteiger partial charge in [0, 0.05) is 48.1 Å². The van der Waals surface area contributed by atoms with Crippen LogP contribution in [0.5, 0.6) is 0 Å². The van der Waals surface area contributed by atoms with Gasteiger partial charge in [-0.2, -0.15) is 0 Å². The van der Waals surface area contributed by atoms with Crippen molar-refractivity contribution in [1.82, 2.24) is 0 Å². The van der Waals surface area contributed by atoms with Gasteiger partial charge in [0.2, 0.25) is 0 Å². The molecule has 0 radical (unpaired) electrons. The van der Waals surface area contributed by atoms with Crippen molar-refractivity contribution in [2.45, 2.75) is 26.2 Å². The number of carboxylic acids is 5. The average Bonchev–Trinajstić information content (AvgIpc) is 3.78. The van der Waals surface area contributed by atoms with Gasteiger partial charge in [-0.3, -0.25) is 24.0 Å². The number of carbonyl (C=O) groups is 5. The van der Waals surface area contributed by atoms with Crippen LogP contribution in [0.4, 0.5) is 0 Å². The van der Waals surface area contributed by atoms with Gasteiger partial charge in [0.05, 0.1) is 0 Å². The molecule has 0 saturated carbocycles. The summed E-state index contributed by atoms with van der Waals surface area (Å²) < 4.78 is 52.4. The van der Waals surface area contributed by atoms with Crippen molar-refractivity contribution in [2.75, 3.05) is 0 Å². The van der Waals surface area contributed by atoms with E-state index >= 15 is 0 Å². The Morgan fingerprint density at radius 1 is 0.370 bits per heavy atom. The third-order valence-corrected chi connectivity index (χ3v) is 17.3. The topological polar surface area (TPSA) is 272 Å². The van der Waals surface area contributed by atoms with Gasteiger partial charge in [0.25, 0.3) is 0 Å². The summed E-state index contributed by atoms with van der Waals surface area (Å²) in [7, 11) is -0.915. The maximum Gasteiger partial charge on any atom is 0.321 e. The minimum Gasteiger partial charge on any atom is -0.480 e. The smallest absolute Gasteiger partial charge is 0.321 e. The number of hydrogen-bond acceptors (Lipinski definition) is 15. The molecule has 10 unspecified atom stereocenters. The number of carboxylic acid groups (broad SMARTS) is 5. The van der Waals surface area contributed by atoms with Crippen molar-refractivity contribution in [3.63, 3.8) is 0 Å². The van der Waals surface area contributed by atoms with Gasteiger partial charge in [-0.05, 0) is 84.3 Å². The van der Waals surface area contributed by atoms with Gasteiger partial charge < -0.3 is 25.5 Å². The minimum absolute atomic E-state index is 0. The fourth-order valence-electron chi connectivity index (χ4n) is 2.13. The molecule has 0 aromatic heterocycles. The Hall–Kier alpha value is -0.762. The number of aliphatic carboxylic acids is 5. The first-order valence-electron chi connectivity index (χ1n) is 10.9. The van der Waals surface area contributed by atoms with Crippen LogP contribution in [0.25, 0.3) is 0 Å². The van der Waals surface area contributed by atoms with Crippen molar-refractivity contribution < 1.29 is 91.6 Å². The quantitative estimate of drug-likeness (QED) is 0.194. The second-order valence-corrected chi connectivity index (χ2v) is 22.5. The van der Waals surface area contributed by atoms with Crippen LogP contribution in [-0.2, 0) is 94.2 Å². The third-order valence-electron chi connectivity index (χ3n) is 4.03. The second kappa shape index (κ2) is 23.6. The summed E-state index contributed by atoms with van der Waals surface area (Å²) >= 11 is 0. The predicted molar refractivity (Wildman–Crippen MR) is 181 cm³/mol. The Labute approximate surface area is 305 Å². The maximum absolute atomic E-state index is 10.5. The van der Waals surface area contributed by atoms with Gasteiger partial charge in [0.15, 0.2) is 0 Å². The summed E-state index contributed by atoms with van der Waals surface area (Å²) in [6, 6.07) is 0. The van der Waals surface area contributed by atoms with E-state index in [0.29, 0.717) is 0 Å². The number of rotatable bonds is 5. The Morgan fingerprint density at radius 2 is 0.500 bits per heavy atom.